The number of H-pyrrole nitrogens is 1. The molecule has 1 N–H and O–H groups in total. The van der Waals surface area contributed by atoms with Crippen LogP contribution in [0, 0.1) is 0 Å². The molecule has 17 heavy (non-hydrogen) atoms. The highest BCUT2D eigenvalue weighted by atomic mass is 79.9. The Balaban J connectivity index is 2.32. The SMILES string of the molecule is Clc1c(-c2ccccc2)nnc2[nH]nc(Br)c12. The first kappa shape index (κ1) is 10.7. The van der Waals surface area contributed by atoms with Crippen LogP contribution in [0.1, 0.15) is 0 Å². The van der Waals surface area contributed by atoms with Crippen LogP contribution in [0.15, 0.2) is 34.9 Å². The lowest BCUT2D eigenvalue weighted by Crippen LogP contribution is -1.90. The average molecular weight is 310 g/mol. The number of nitrogens with one attached hydrogen (secondary N) is 1. The fourth-order valence-corrected chi connectivity index (χ4v) is 2.54. The smallest absolute Gasteiger partial charge is 0.180 e. The Bertz CT molecular complexity index is 681. The summed E-state index contributed by atoms with van der Waals surface area (Å²) in [5.74, 6) is 0. The summed E-state index contributed by atoms with van der Waals surface area (Å²) in [6.45, 7) is 0. The van der Waals surface area contributed by atoms with Crippen LogP contribution in [0.25, 0.3) is 22.3 Å². The van der Waals surface area contributed by atoms with Gasteiger partial charge in [-0.05, 0) is 15.9 Å². The van der Waals surface area contributed by atoms with Gasteiger partial charge in [-0.15, -0.1) is 10.2 Å². The maximum Gasteiger partial charge on any atom is 0.180 e. The third kappa shape index (κ3) is 1.71. The fourth-order valence-electron chi connectivity index (χ4n) is 1.62. The molecular weight excluding hydrogens is 304 g/mol. The van der Waals surface area contributed by atoms with Gasteiger partial charge in [-0.2, -0.15) is 5.10 Å². The van der Waals surface area contributed by atoms with Crippen molar-refractivity contribution in [3.63, 3.8) is 0 Å². The van der Waals surface area contributed by atoms with Crippen LogP contribution in [0.5, 0.6) is 0 Å². The number of rotatable bonds is 1. The van der Waals surface area contributed by atoms with Crippen molar-refractivity contribution in [2.45, 2.75) is 0 Å². The molecular formula is C11H6BrClN4. The molecule has 0 aliphatic heterocycles. The van der Waals surface area contributed by atoms with Crippen molar-refractivity contribution in [3.8, 4) is 11.3 Å². The molecule has 0 spiro atoms. The average Bonchev–Trinajstić information content (AvgIpc) is 2.73. The summed E-state index contributed by atoms with van der Waals surface area (Å²) in [5.41, 5.74) is 2.16. The normalized spacial score (nSPS) is 10.9. The maximum absolute atomic E-state index is 6.33. The van der Waals surface area contributed by atoms with E-state index in [0.717, 1.165) is 10.9 Å². The summed E-state index contributed by atoms with van der Waals surface area (Å²) in [6, 6.07) is 9.69. The molecule has 4 nitrogen and oxygen atoms in total. The van der Waals surface area contributed by atoms with Crippen LogP contribution in [0.4, 0.5) is 0 Å². The number of aromatic amines is 1. The van der Waals surface area contributed by atoms with Crippen molar-refractivity contribution in [1.82, 2.24) is 20.4 Å². The number of nitrogens with zero attached hydrogens (tertiary/aromatic N) is 3. The minimum absolute atomic E-state index is 0.543. The molecule has 3 rings (SSSR count). The molecule has 0 fully saturated rings. The van der Waals surface area contributed by atoms with E-state index >= 15 is 0 Å². The van der Waals surface area contributed by atoms with E-state index in [1.807, 2.05) is 30.3 Å². The standard InChI is InChI=1S/C11H6BrClN4/c12-10-7-8(13)9(6-4-2-1-3-5-6)14-16-11(7)17-15-10/h1-5H,(H,15,16,17). The topological polar surface area (TPSA) is 54.5 Å². The van der Waals surface area contributed by atoms with Crippen molar-refractivity contribution in [3.05, 3.63) is 40.0 Å². The molecule has 2 aromatic heterocycles. The molecule has 0 aliphatic carbocycles. The summed E-state index contributed by atoms with van der Waals surface area (Å²) < 4.78 is 0.643. The van der Waals surface area contributed by atoms with Gasteiger partial charge in [0.15, 0.2) is 5.65 Å². The second kappa shape index (κ2) is 4.09. The van der Waals surface area contributed by atoms with Crippen LogP contribution in [0.2, 0.25) is 5.02 Å². The Hall–Kier alpha value is -1.46. The van der Waals surface area contributed by atoms with Crippen LogP contribution >= 0.6 is 27.5 Å². The van der Waals surface area contributed by atoms with Crippen molar-refractivity contribution in [2.75, 3.05) is 0 Å². The fraction of sp³-hybridized carbons (Fsp3) is 0. The highest BCUT2D eigenvalue weighted by Gasteiger charge is 2.14. The Morgan fingerprint density at radius 2 is 1.88 bits per heavy atom. The van der Waals surface area contributed by atoms with E-state index in [4.69, 9.17) is 11.6 Å². The first-order valence-corrected chi connectivity index (χ1v) is 6.05. The number of halogens is 2. The molecule has 0 amide bonds. The van der Waals surface area contributed by atoms with Crippen molar-refractivity contribution in [1.29, 1.82) is 0 Å². The van der Waals surface area contributed by atoms with Gasteiger partial charge in [-0.3, -0.25) is 5.10 Å². The summed E-state index contributed by atoms with van der Waals surface area (Å²) in [6.07, 6.45) is 0. The van der Waals surface area contributed by atoms with Crippen molar-refractivity contribution >= 4 is 38.6 Å². The van der Waals surface area contributed by atoms with Gasteiger partial charge >= 0.3 is 0 Å². The zero-order chi connectivity index (χ0) is 11.8. The van der Waals surface area contributed by atoms with E-state index in [1.54, 1.807) is 0 Å². The molecule has 0 aliphatic rings. The lowest BCUT2D eigenvalue weighted by Gasteiger charge is -2.02. The van der Waals surface area contributed by atoms with Gasteiger partial charge in [-0.25, -0.2) is 0 Å². The van der Waals surface area contributed by atoms with E-state index in [0.29, 0.717) is 21.0 Å². The van der Waals surface area contributed by atoms with Gasteiger partial charge < -0.3 is 0 Å². The van der Waals surface area contributed by atoms with Crippen LogP contribution in [-0.4, -0.2) is 20.4 Å². The third-order valence-corrected chi connectivity index (χ3v) is 3.37. The van der Waals surface area contributed by atoms with Crippen molar-refractivity contribution in [2.24, 2.45) is 0 Å². The predicted octanol–water partition coefficient (Wildman–Crippen LogP) is 3.44. The van der Waals surface area contributed by atoms with Gasteiger partial charge in [0.2, 0.25) is 0 Å². The minimum atomic E-state index is 0.543. The summed E-state index contributed by atoms with van der Waals surface area (Å²) in [7, 11) is 0. The number of benzene rings is 1. The molecule has 0 saturated carbocycles. The van der Waals surface area contributed by atoms with Gasteiger partial charge in [0, 0.05) is 5.56 Å². The van der Waals surface area contributed by atoms with Gasteiger partial charge in [-0.1, -0.05) is 41.9 Å². The summed E-state index contributed by atoms with van der Waals surface area (Å²) in [5, 5.41) is 16.2. The van der Waals surface area contributed by atoms with E-state index in [9.17, 15) is 0 Å². The third-order valence-electron chi connectivity index (χ3n) is 2.43. The molecule has 6 heteroatoms. The number of hydrogen-bond donors (Lipinski definition) is 1. The van der Waals surface area contributed by atoms with Crippen LogP contribution in [0.3, 0.4) is 0 Å². The van der Waals surface area contributed by atoms with Crippen molar-refractivity contribution < 1.29 is 0 Å². The molecule has 0 saturated heterocycles. The second-order valence-corrected chi connectivity index (χ2v) is 4.60. The highest BCUT2D eigenvalue weighted by Crippen LogP contribution is 2.33. The quantitative estimate of drug-likeness (QED) is 0.749. The monoisotopic (exact) mass is 308 g/mol. The first-order valence-electron chi connectivity index (χ1n) is 4.88. The Morgan fingerprint density at radius 1 is 1.12 bits per heavy atom. The molecule has 84 valence electrons. The molecule has 0 radical (unpaired) electrons. The van der Waals surface area contributed by atoms with Crippen LogP contribution < -0.4 is 0 Å². The van der Waals surface area contributed by atoms with Gasteiger partial charge in [0.05, 0.1) is 10.4 Å². The first-order chi connectivity index (χ1) is 8.27. The number of hydrogen-bond acceptors (Lipinski definition) is 3. The number of aromatic nitrogens is 4. The second-order valence-electron chi connectivity index (χ2n) is 3.47. The molecule has 0 atom stereocenters. The Morgan fingerprint density at radius 3 is 2.65 bits per heavy atom. The Kier molecular flexibility index (Phi) is 2.57. The molecule has 0 unspecified atom stereocenters. The molecule has 2 heterocycles. The summed E-state index contributed by atoms with van der Waals surface area (Å²) >= 11 is 9.66. The van der Waals surface area contributed by atoms with Gasteiger partial charge in [0.1, 0.15) is 10.3 Å². The zero-order valence-corrected chi connectivity index (χ0v) is 10.8. The van der Waals surface area contributed by atoms with Crippen LogP contribution in [-0.2, 0) is 0 Å². The van der Waals surface area contributed by atoms with E-state index in [-0.39, 0.29) is 0 Å². The lowest BCUT2D eigenvalue weighted by atomic mass is 10.1. The van der Waals surface area contributed by atoms with E-state index in [1.165, 1.54) is 0 Å². The molecule has 0 bridgehead atoms. The molecule has 1 aromatic carbocycles. The predicted molar refractivity (Wildman–Crippen MR) is 69.8 cm³/mol. The highest BCUT2D eigenvalue weighted by molar-refractivity contribution is 9.10. The number of fused-ring (bicyclic) bond motifs is 1. The van der Waals surface area contributed by atoms with E-state index in [2.05, 4.69) is 36.3 Å². The van der Waals surface area contributed by atoms with E-state index < -0.39 is 0 Å². The lowest BCUT2D eigenvalue weighted by molar-refractivity contribution is 1.02. The Labute approximate surface area is 110 Å². The molecule has 3 aromatic rings. The summed E-state index contributed by atoms with van der Waals surface area (Å²) in [4.78, 5) is 0. The minimum Gasteiger partial charge on any atom is -0.258 e. The largest absolute Gasteiger partial charge is 0.258 e. The maximum atomic E-state index is 6.33. The zero-order valence-electron chi connectivity index (χ0n) is 8.48. The van der Waals surface area contributed by atoms with Gasteiger partial charge in [0.25, 0.3) is 0 Å².